The molecule has 0 aromatic carbocycles. The molecule has 2 rings (SSSR count). The van der Waals surface area contributed by atoms with Crippen LogP contribution in [0.15, 0.2) is 11.1 Å². The van der Waals surface area contributed by atoms with Gasteiger partial charge in [0.05, 0.1) is 23.8 Å². The molecule has 0 aromatic heterocycles. The number of likely N-dealkylation sites (tertiary alicyclic amines) is 1. The average molecular weight is 299 g/mol. The van der Waals surface area contributed by atoms with Crippen LogP contribution in [-0.4, -0.2) is 28.7 Å². The van der Waals surface area contributed by atoms with Gasteiger partial charge < -0.3 is 9.90 Å². The molecule has 2 amide bonds. The van der Waals surface area contributed by atoms with Gasteiger partial charge in [0.2, 0.25) is 11.8 Å². The fraction of sp³-hybridized carbons (Fsp3) is 0.643. The lowest BCUT2D eigenvalue weighted by Gasteiger charge is -2.28. The maximum atomic E-state index is 12.4. The van der Waals surface area contributed by atoms with Crippen LogP contribution in [-0.2, 0) is 14.4 Å². The first-order valence-electron chi connectivity index (χ1n) is 6.75. The first kappa shape index (κ1) is 15.0. The third kappa shape index (κ3) is 2.59. The highest BCUT2D eigenvalue weighted by Crippen LogP contribution is 2.40. The highest BCUT2D eigenvalue weighted by molar-refractivity contribution is 6.30. The number of amides is 2. The Morgan fingerprint density at radius 1 is 1.40 bits per heavy atom. The Morgan fingerprint density at radius 2 is 2.00 bits per heavy atom. The molecule has 1 saturated heterocycles. The van der Waals surface area contributed by atoms with E-state index in [2.05, 4.69) is 0 Å². The summed E-state index contributed by atoms with van der Waals surface area (Å²) >= 11 is 5.92. The van der Waals surface area contributed by atoms with Crippen LogP contribution in [0.5, 0.6) is 0 Å². The van der Waals surface area contributed by atoms with Gasteiger partial charge in [0.25, 0.3) is 0 Å². The van der Waals surface area contributed by atoms with Crippen molar-refractivity contribution in [1.29, 1.82) is 0 Å². The number of rotatable bonds is 4. The molecule has 0 saturated carbocycles. The summed E-state index contributed by atoms with van der Waals surface area (Å²) in [5, 5.41) is 11.8. The zero-order valence-electron chi connectivity index (χ0n) is 11.5. The third-order valence-corrected chi connectivity index (χ3v) is 4.19. The van der Waals surface area contributed by atoms with Gasteiger partial charge >= 0.3 is 0 Å². The number of halogens is 1. The van der Waals surface area contributed by atoms with E-state index < -0.39 is 35.7 Å². The standard InChI is InChI=1S/C14H18ClNO4/c1-7(2)5-11(14(19)20)16-12(17)9-4-3-8(15)6-10(9)13(16)18/h3,7,9-11H,4-6H2,1-2H3,(H,19,20)/p-1/t9-,10+,11+/m1/s1. The highest BCUT2D eigenvalue weighted by atomic mass is 35.5. The molecule has 0 N–H and O–H groups in total. The molecule has 0 aromatic rings. The molecule has 0 spiro atoms. The summed E-state index contributed by atoms with van der Waals surface area (Å²) in [6.07, 6.45) is 2.65. The van der Waals surface area contributed by atoms with Gasteiger partial charge in [-0.05, 0) is 25.2 Å². The predicted molar refractivity (Wildman–Crippen MR) is 70.3 cm³/mol. The van der Waals surface area contributed by atoms with Gasteiger partial charge in [0.15, 0.2) is 0 Å². The van der Waals surface area contributed by atoms with Gasteiger partial charge in [0.1, 0.15) is 0 Å². The Balaban J connectivity index is 2.27. The van der Waals surface area contributed by atoms with Crippen LogP contribution in [0.25, 0.3) is 0 Å². The van der Waals surface area contributed by atoms with Crippen molar-refractivity contribution >= 4 is 29.4 Å². The summed E-state index contributed by atoms with van der Waals surface area (Å²) in [4.78, 5) is 36.9. The SMILES string of the molecule is CC(C)C[C@@H](C(=O)[O-])N1C(=O)[C@H]2CC(Cl)=CC[C@H]2C1=O. The summed E-state index contributed by atoms with van der Waals surface area (Å²) in [7, 11) is 0. The van der Waals surface area contributed by atoms with Crippen LogP contribution < -0.4 is 5.11 Å². The largest absolute Gasteiger partial charge is 0.548 e. The van der Waals surface area contributed by atoms with Crippen LogP contribution in [0.2, 0.25) is 0 Å². The van der Waals surface area contributed by atoms with Gasteiger partial charge in [-0.1, -0.05) is 31.5 Å². The minimum atomic E-state index is -1.38. The summed E-state index contributed by atoms with van der Waals surface area (Å²) in [6.45, 7) is 3.68. The van der Waals surface area contributed by atoms with Crippen LogP contribution in [0.1, 0.15) is 33.1 Å². The number of hydrogen-bond donors (Lipinski definition) is 0. The average Bonchev–Trinajstić information content (AvgIpc) is 2.58. The van der Waals surface area contributed by atoms with Crippen molar-refractivity contribution in [2.24, 2.45) is 17.8 Å². The van der Waals surface area contributed by atoms with E-state index in [0.717, 1.165) is 4.90 Å². The van der Waals surface area contributed by atoms with E-state index in [-0.39, 0.29) is 12.3 Å². The van der Waals surface area contributed by atoms with E-state index in [1.54, 1.807) is 6.08 Å². The van der Waals surface area contributed by atoms with Crippen LogP contribution in [0.4, 0.5) is 0 Å². The molecule has 110 valence electrons. The second kappa shape index (κ2) is 5.56. The van der Waals surface area contributed by atoms with Crippen LogP contribution in [0, 0.1) is 17.8 Å². The number of imide groups is 1. The number of carboxylic acid groups (broad SMARTS) is 1. The molecule has 0 radical (unpaired) electrons. The number of hydrogen-bond acceptors (Lipinski definition) is 4. The maximum Gasteiger partial charge on any atom is 0.234 e. The third-order valence-electron chi connectivity index (χ3n) is 3.88. The van der Waals surface area contributed by atoms with E-state index in [0.29, 0.717) is 17.9 Å². The summed E-state index contributed by atoms with van der Waals surface area (Å²) in [6, 6.07) is -1.18. The lowest BCUT2D eigenvalue weighted by molar-refractivity contribution is -0.311. The minimum absolute atomic E-state index is 0.0443. The number of nitrogens with zero attached hydrogens (tertiary/aromatic N) is 1. The molecule has 6 heteroatoms. The van der Waals surface area contributed by atoms with Crippen LogP contribution >= 0.6 is 11.6 Å². The van der Waals surface area contributed by atoms with E-state index in [4.69, 9.17) is 11.6 Å². The van der Waals surface area contributed by atoms with E-state index in [9.17, 15) is 19.5 Å². The zero-order valence-corrected chi connectivity index (χ0v) is 12.2. The van der Waals surface area contributed by atoms with Gasteiger partial charge in [-0.3, -0.25) is 14.5 Å². The monoisotopic (exact) mass is 298 g/mol. The molecular formula is C14H17ClNO4-. The van der Waals surface area contributed by atoms with Crippen LogP contribution in [0.3, 0.4) is 0 Å². The van der Waals surface area contributed by atoms with Gasteiger partial charge in [-0.15, -0.1) is 0 Å². The molecule has 0 bridgehead atoms. The molecule has 20 heavy (non-hydrogen) atoms. The van der Waals surface area contributed by atoms with E-state index in [1.165, 1.54) is 0 Å². The first-order chi connectivity index (χ1) is 9.32. The Kier molecular flexibility index (Phi) is 4.18. The van der Waals surface area contributed by atoms with Crippen molar-refractivity contribution in [3.63, 3.8) is 0 Å². The summed E-state index contributed by atoms with van der Waals surface area (Å²) in [5.74, 6) is -3.16. The maximum absolute atomic E-state index is 12.4. The number of allylic oxidation sites excluding steroid dienone is 2. The second-order valence-corrected chi connectivity index (χ2v) is 6.30. The molecule has 0 unspecified atom stereocenters. The molecular weight excluding hydrogens is 282 g/mol. The van der Waals surface area contributed by atoms with Gasteiger partial charge in [-0.2, -0.15) is 0 Å². The minimum Gasteiger partial charge on any atom is -0.548 e. The van der Waals surface area contributed by atoms with E-state index >= 15 is 0 Å². The highest BCUT2D eigenvalue weighted by Gasteiger charge is 2.50. The van der Waals surface area contributed by atoms with Crippen molar-refractivity contribution < 1.29 is 19.5 Å². The fourth-order valence-corrected chi connectivity index (χ4v) is 3.17. The molecule has 1 aliphatic heterocycles. The quantitative estimate of drug-likeness (QED) is 0.715. The fourth-order valence-electron chi connectivity index (χ4n) is 2.91. The molecule has 1 heterocycles. The Labute approximate surface area is 122 Å². The second-order valence-electron chi connectivity index (χ2n) is 5.81. The number of aliphatic carboxylic acids is 1. The van der Waals surface area contributed by atoms with Crippen molar-refractivity contribution in [2.45, 2.75) is 39.2 Å². The number of fused-ring (bicyclic) bond motifs is 1. The smallest absolute Gasteiger partial charge is 0.234 e. The Morgan fingerprint density at radius 3 is 2.55 bits per heavy atom. The number of carbonyl (C=O) groups excluding carboxylic acids is 3. The Bertz CT molecular complexity index is 486. The van der Waals surface area contributed by atoms with Gasteiger partial charge in [-0.25, -0.2) is 0 Å². The topological polar surface area (TPSA) is 77.5 Å². The first-order valence-corrected chi connectivity index (χ1v) is 7.13. The molecule has 1 fully saturated rings. The molecule has 5 nitrogen and oxygen atoms in total. The Hall–Kier alpha value is -1.36. The van der Waals surface area contributed by atoms with Crippen molar-refractivity contribution in [1.82, 2.24) is 4.90 Å². The lowest BCUT2D eigenvalue weighted by Crippen LogP contribution is -2.51. The van der Waals surface area contributed by atoms with Crippen molar-refractivity contribution in [3.05, 3.63) is 11.1 Å². The molecule has 2 aliphatic rings. The molecule has 1 aliphatic carbocycles. The zero-order chi connectivity index (χ0) is 15.0. The number of carboxylic acids is 1. The predicted octanol–water partition coefficient (Wildman–Crippen LogP) is 0.669. The van der Waals surface area contributed by atoms with Gasteiger partial charge in [0, 0.05) is 5.03 Å². The summed E-state index contributed by atoms with van der Waals surface area (Å²) < 4.78 is 0. The molecule has 3 atom stereocenters. The lowest BCUT2D eigenvalue weighted by atomic mass is 9.85. The summed E-state index contributed by atoms with van der Waals surface area (Å²) in [5.41, 5.74) is 0. The van der Waals surface area contributed by atoms with E-state index in [1.807, 2.05) is 13.8 Å². The normalized spacial score (nSPS) is 27.6. The van der Waals surface area contributed by atoms with Crippen molar-refractivity contribution in [2.75, 3.05) is 0 Å². The van der Waals surface area contributed by atoms with Crippen molar-refractivity contribution in [3.8, 4) is 0 Å². The number of carbonyl (C=O) groups is 3.